The Labute approximate surface area is 105 Å². The van der Waals surface area contributed by atoms with Gasteiger partial charge in [-0.2, -0.15) is 0 Å². The van der Waals surface area contributed by atoms with Gasteiger partial charge in [-0.05, 0) is 42.7 Å². The zero-order valence-electron chi connectivity index (χ0n) is 10.2. The van der Waals surface area contributed by atoms with E-state index in [1.807, 2.05) is 4.68 Å². The number of hydrogen-bond donors (Lipinski definition) is 1. The van der Waals surface area contributed by atoms with Crippen molar-refractivity contribution in [1.29, 1.82) is 0 Å². The Balaban J connectivity index is 1.64. The molecule has 1 aliphatic carbocycles. The Morgan fingerprint density at radius 3 is 2.94 bits per heavy atom. The first kappa shape index (κ1) is 11.6. The van der Waals surface area contributed by atoms with E-state index in [0.29, 0.717) is 19.1 Å². The summed E-state index contributed by atoms with van der Waals surface area (Å²) < 4.78 is 1.89. The second kappa shape index (κ2) is 4.64. The Morgan fingerprint density at radius 1 is 1.39 bits per heavy atom. The summed E-state index contributed by atoms with van der Waals surface area (Å²) in [6.07, 6.45) is 4.01. The second-order valence-corrected chi connectivity index (χ2v) is 5.18. The van der Waals surface area contributed by atoms with Gasteiger partial charge in [0.25, 0.3) is 0 Å². The van der Waals surface area contributed by atoms with Crippen LogP contribution in [0.2, 0.25) is 0 Å². The summed E-state index contributed by atoms with van der Waals surface area (Å²) in [5.74, 6) is -0.0750. The van der Waals surface area contributed by atoms with Crippen molar-refractivity contribution >= 4 is 5.97 Å². The molecule has 1 aliphatic heterocycles. The lowest BCUT2D eigenvalue weighted by Crippen LogP contribution is -2.38. The molecule has 0 amide bonds. The van der Waals surface area contributed by atoms with Crippen molar-refractivity contribution in [3.63, 3.8) is 0 Å². The highest BCUT2D eigenvalue weighted by atomic mass is 16.4. The topological polar surface area (TPSA) is 84.1 Å². The van der Waals surface area contributed by atoms with Gasteiger partial charge < -0.3 is 5.11 Å². The van der Waals surface area contributed by atoms with Crippen molar-refractivity contribution in [2.45, 2.75) is 38.3 Å². The number of aliphatic carboxylic acids is 1. The summed E-state index contributed by atoms with van der Waals surface area (Å²) in [4.78, 5) is 13.2. The van der Waals surface area contributed by atoms with Crippen LogP contribution in [0.15, 0.2) is 0 Å². The molecule has 0 radical (unpaired) electrons. The quantitative estimate of drug-likeness (QED) is 0.828. The van der Waals surface area contributed by atoms with Crippen LogP contribution in [0.25, 0.3) is 0 Å². The van der Waals surface area contributed by atoms with E-state index in [-0.39, 0.29) is 5.92 Å². The molecule has 2 fully saturated rings. The Kier molecular flexibility index (Phi) is 2.99. The number of carbonyl (C=O) groups is 1. The monoisotopic (exact) mass is 251 g/mol. The lowest BCUT2D eigenvalue weighted by molar-refractivity contribution is -0.143. The van der Waals surface area contributed by atoms with Crippen LogP contribution in [0.3, 0.4) is 0 Å². The molecule has 1 N–H and O–H groups in total. The minimum absolute atomic E-state index is 0.246. The molecule has 1 saturated heterocycles. The van der Waals surface area contributed by atoms with Crippen molar-refractivity contribution in [2.24, 2.45) is 5.92 Å². The third kappa shape index (κ3) is 2.35. The Morgan fingerprint density at radius 2 is 2.22 bits per heavy atom. The van der Waals surface area contributed by atoms with Crippen molar-refractivity contribution in [3.8, 4) is 0 Å². The van der Waals surface area contributed by atoms with E-state index in [1.165, 1.54) is 0 Å². The summed E-state index contributed by atoms with van der Waals surface area (Å²) >= 11 is 0. The first-order valence-electron chi connectivity index (χ1n) is 6.46. The second-order valence-electron chi connectivity index (χ2n) is 5.18. The molecule has 98 valence electrons. The highest BCUT2D eigenvalue weighted by Gasteiger charge is 2.30. The van der Waals surface area contributed by atoms with E-state index in [9.17, 15) is 4.79 Å². The number of aromatic nitrogens is 4. The zero-order chi connectivity index (χ0) is 12.5. The summed E-state index contributed by atoms with van der Waals surface area (Å²) in [6, 6.07) is 0.468. The maximum absolute atomic E-state index is 11.0. The fourth-order valence-corrected chi connectivity index (χ4v) is 2.52. The van der Waals surface area contributed by atoms with E-state index >= 15 is 0 Å². The minimum Gasteiger partial charge on any atom is -0.481 e. The third-order valence-electron chi connectivity index (χ3n) is 3.67. The van der Waals surface area contributed by atoms with Crippen molar-refractivity contribution in [1.82, 2.24) is 25.1 Å². The van der Waals surface area contributed by atoms with Gasteiger partial charge in [0.15, 0.2) is 5.82 Å². The van der Waals surface area contributed by atoms with Gasteiger partial charge in [-0.3, -0.25) is 9.69 Å². The van der Waals surface area contributed by atoms with E-state index in [2.05, 4.69) is 20.4 Å². The van der Waals surface area contributed by atoms with Gasteiger partial charge in [0.1, 0.15) is 0 Å². The molecule has 0 bridgehead atoms. The fourth-order valence-electron chi connectivity index (χ4n) is 2.52. The predicted octanol–water partition coefficient (Wildman–Crippen LogP) is 0.305. The van der Waals surface area contributed by atoms with Crippen LogP contribution in [-0.2, 0) is 11.3 Å². The number of nitrogens with zero attached hydrogens (tertiary/aromatic N) is 5. The molecule has 1 atom stereocenters. The maximum atomic E-state index is 11.0. The van der Waals surface area contributed by atoms with Crippen LogP contribution < -0.4 is 0 Å². The number of tetrazole rings is 1. The third-order valence-corrected chi connectivity index (χ3v) is 3.67. The summed E-state index contributed by atoms with van der Waals surface area (Å²) in [6.45, 7) is 2.20. The van der Waals surface area contributed by atoms with Crippen LogP contribution in [0, 0.1) is 5.92 Å². The van der Waals surface area contributed by atoms with Gasteiger partial charge in [0.2, 0.25) is 0 Å². The van der Waals surface area contributed by atoms with Crippen molar-refractivity contribution in [2.75, 3.05) is 13.1 Å². The first-order chi connectivity index (χ1) is 8.74. The van der Waals surface area contributed by atoms with Gasteiger partial charge in [-0.15, -0.1) is 5.10 Å². The first-order valence-corrected chi connectivity index (χ1v) is 6.46. The molecule has 7 nitrogen and oxygen atoms in total. The lowest BCUT2D eigenvalue weighted by atomic mass is 9.98. The van der Waals surface area contributed by atoms with Gasteiger partial charge in [-0.1, -0.05) is 0 Å². The number of likely N-dealkylation sites (tertiary alicyclic amines) is 1. The molecule has 0 spiro atoms. The predicted molar refractivity (Wildman–Crippen MR) is 61.7 cm³/mol. The molecule has 7 heteroatoms. The van der Waals surface area contributed by atoms with Crippen LogP contribution in [0.1, 0.15) is 37.5 Å². The van der Waals surface area contributed by atoms with Crippen molar-refractivity contribution < 1.29 is 9.90 Å². The number of carboxylic acid groups (broad SMARTS) is 1. The average Bonchev–Trinajstić information content (AvgIpc) is 3.11. The lowest BCUT2D eigenvalue weighted by Gasteiger charge is -2.29. The Bertz CT molecular complexity index is 442. The normalized spacial score (nSPS) is 25.2. The van der Waals surface area contributed by atoms with Crippen LogP contribution in [0.4, 0.5) is 0 Å². The molecular formula is C11H17N5O2. The molecule has 18 heavy (non-hydrogen) atoms. The SMILES string of the molecule is O=C(O)C1CCCN(Cc2nnnn2C2CC2)C1. The zero-order valence-corrected chi connectivity index (χ0v) is 10.2. The van der Waals surface area contributed by atoms with Gasteiger partial charge >= 0.3 is 5.97 Å². The standard InChI is InChI=1S/C11H17N5O2/c17-11(18)8-2-1-5-15(6-8)7-10-12-13-14-16(10)9-3-4-9/h8-9H,1-7H2,(H,17,18). The largest absolute Gasteiger partial charge is 0.481 e. The number of piperidine rings is 1. The number of rotatable bonds is 4. The van der Waals surface area contributed by atoms with Gasteiger partial charge in [-0.25, -0.2) is 4.68 Å². The maximum Gasteiger partial charge on any atom is 0.307 e. The highest BCUT2D eigenvalue weighted by Crippen LogP contribution is 2.34. The smallest absolute Gasteiger partial charge is 0.307 e. The van der Waals surface area contributed by atoms with E-state index in [4.69, 9.17) is 5.11 Å². The summed E-state index contributed by atoms with van der Waals surface area (Å²) in [5, 5.41) is 20.9. The number of hydrogen-bond acceptors (Lipinski definition) is 5. The van der Waals surface area contributed by atoms with E-state index in [1.54, 1.807) is 0 Å². The summed E-state index contributed by atoms with van der Waals surface area (Å²) in [7, 11) is 0. The van der Waals surface area contributed by atoms with Crippen molar-refractivity contribution in [3.05, 3.63) is 5.82 Å². The van der Waals surface area contributed by atoms with E-state index in [0.717, 1.165) is 38.1 Å². The molecule has 3 rings (SSSR count). The molecule has 1 aromatic heterocycles. The van der Waals surface area contributed by atoms with Gasteiger partial charge in [0, 0.05) is 6.54 Å². The molecular weight excluding hydrogens is 234 g/mol. The highest BCUT2D eigenvalue weighted by molar-refractivity contribution is 5.70. The Hall–Kier alpha value is -1.50. The molecule has 1 saturated carbocycles. The van der Waals surface area contributed by atoms with Crippen LogP contribution in [-0.4, -0.2) is 49.3 Å². The summed E-state index contributed by atoms with van der Waals surface area (Å²) in [5.41, 5.74) is 0. The molecule has 1 aromatic rings. The average molecular weight is 251 g/mol. The molecule has 0 aromatic carbocycles. The van der Waals surface area contributed by atoms with Crippen LogP contribution >= 0.6 is 0 Å². The van der Waals surface area contributed by atoms with E-state index < -0.39 is 5.97 Å². The van der Waals surface area contributed by atoms with Gasteiger partial charge in [0.05, 0.1) is 18.5 Å². The molecule has 1 unspecified atom stereocenters. The van der Waals surface area contributed by atoms with Crippen LogP contribution in [0.5, 0.6) is 0 Å². The molecule has 2 heterocycles. The number of carboxylic acids is 1. The minimum atomic E-state index is -0.693. The fraction of sp³-hybridized carbons (Fsp3) is 0.818. The molecule has 2 aliphatic rings.